The summed E-state index contributed by atoms with van der Waals surface area (Å²) in [7, 11) is 0. The minimum absolute atomic E-state index is 0.00670. The van der Waals surface area contributed by atoms with Crippen LogP contribution in [0.1, 0.15) is 29.6 Å². The van der Waals surface area contributed by atoms with Crippen molar-refractivity contribution in [2.45, 2.75) is 25.3 Å². The van der Waals surface area contributed by atoms with Gasteiger partial charge < -0.3 is 10.0 Å². The largest absolute Gasteiger partial charge is 0.394 e. The summed E-state index contributed by atoms with van der Waals surface area (Å²) in [5.74, 6) is 0.480. The molecule has 3 heterocycles. The molecule has 7 heteroatoms. The molecule has 1 atom stereocenters. The summed E-state index contributed by atoms with van der Waals surface area (Å²) in [6.45, 7) is 0.692. The van der Waals surface area contributed by atoms with Gasteiger partial charge in [0.05, 0.1) is 12.6 Å². The third-order valence-electron chi connectivity index (χ3n) is 3.74. The van der Waals surface area contributed by atoms with E-state index in [-0.39, 0.29) is 18.6 Å². The van der Waals surface area contributed by atoms with Gasteiger partial charge in [0.15, 0.2) is 5.82 Å². The van der Waals surface area contributed by atoms with Crippen LogP contribution in [0.25, 0.3) is 5.82 Å². The molecule has 0 saturated carbocycles. The topological polar surface area (TPSA) is 84.1 Å². The first kappa shape index (κ1) is 13.7. The van der Waals surface area contributed by atoms with Crippen LogP contribution in [-0.4, -0.2) is 54.9 Å². The molecule has 1 unspecified atom stereocenters. The second-order valence-electron chi connectivity index (χ2n) is 5.07. The van der Waals surface area contributed by atoms with Crippen molar-refractivity contribution >= 4 is 5.91 Å². The van der Waals surface area contributed by atoms with Gasteiger partial charge >= 0.3 is 0 Å². The molecule has 0 spiro atoms. The molecule has 1 aliphatic rings. The first-order valence-corrected chi connectivity index (χ1v) is 7.02. The van der Waals surface area contributed by atoms with E-state index in [0.29, 0.717) is 17.9 Å². The molecule has 1 saturated heterocycles. The molecular formula is C14H17N5O2. The fourth-order valence-electron chi connectivity index (χ4n) is 2.63. The first-order chi connectivity index (χ1) is 10.3. The lowest BCUT2D eigenvalue weighted by Crippen LogP contribution is -2.45. The predicted molar refractivity (Wildman–Crippen MR) is 74.9 cm³/mol. The summed E-state index contributed by atoms with van der Waals surface area (Å²) in [5.41, 5.74) is 0.552. The van der Waals surface area contributed by atoms with E-state index in [1.54, 1.807) is 23.2 Å². The number of hydrogen-bond donors (Lipinski definition) is 1. The van der Waals surface area contributed by atoms with Crippen molar-refractivity contribution in [1.82, 2.24) is 24.6 Å². The smallest absolute Gasteiger partial charge is 0.254 e. The maximum absolute atomic E-state index is 12.6. The quantitative estimate of drug-likeness (QED) is 0.896. The monoisotopic (exact) mass is 287 g/mol. The maximum Gasteiger partial charge on any atom is 0.254 e. The Morgan fingerprint density at radius 3 is 3.10 bits per heavy atom. The lowest BCUT2D eigenvalue weighted by Gasteiger charge is -2.34. The van der Waals surface area contributed by atoms with Gasteiger partial charge in [0.25, 0.3) is 5.91 Å². The highest BCUT2D eigenvalue weighted by atomic mass is 16.3. The number of hydrogen-bond acceptors (Lipinski definition) is 5. The number of aromatic nitrogens is 4. The van der Waals surface area contributed by atoms with Crippen LogP contribution in [0.3, 0.4) is 0 Å². The summed E-state index contributed by atoms with van der Waals surface area (Å²) < 4.78 is 1.51. The number of rotatable bonds is 3. The summed E-state index contributed by atoms with van der Waals surface area (Å²) in [6, 6.07) is 3.29. The number of pyridine rings is 1. The number of nitrogens with zero attached hydrogens (tertiary/aromatic N) is 5. The molecule has 0 aliphatic carbocycles. The first-order valence-electron chi connectivity index (χ1n) is 7.02. The highest BCUT2D eigenvalue weighted by Gasteiger charge is 2.27. The molecule has 1 amide bonds. The molecule has 2 aromatic heterocycles. The zero-order chi connectivity index (χ0) is 14.7. The van der Waals surface area contributed by atoms with Gasteiger partial charge in [-0.25, -0.2) is 14.6 Å². The average Bonchev–Trinajstić information content (AvgIpc) is 3.09. The zero-order valence-corrected chi connectivity index (χ0v) is 11.6. The van der Waals surface area contributed by atoms with E-state index in [2.05, 4.69) is 15.1 Å². The van der Waals surface area contributed by atoms with Crippen molar-refractivity contribution in [3.8, 4) is 5.82 Å². The van der Waals surface area contributed by atoms with Gasteiger partial charge in [-0.3, -0.25) is 4.79 Å². The second kappa shape index (κ2) is 6.01. The lowest BCUT2D eigenvalue weighted by molar-refractivity contribution is 0.0503. The third kappa shape index (κ3) is 2.78. The predicted octanol–water partition coefficient (Wildman–Crippen LogP) is 0.649. The third-order valence-corrected chi connectivity index (χ3v) is 3.74. The highest BCUT2D eigenvalue weighted by Crippen LogP contribution is 2.19. The van der Waals surface area contributed by atoms with Gasteiger partial charge in [-0.15, -0.1) is 0 Å². The van der Waals surface area contributed by atoms with Crippen LogP contribution in [0.15, 0.2) is 31.0 Å². The molecule has 3 rings (SSSR count). The molecule has 0 aromatic carbocycles. The van der Waals surface area contributed by atoms with E-state index in [0.717, 1.165) is 19.3 Å². The molecule has 1 fully saturated rings. The Hall–Kier alpha value is -2.28. The Morgan fingerprint density at radius 1 is 1.43 bits per heavy atom. The fraction of sp³-hybridized carbons (Fsp3) is 0.429. The van der Waals surface area contributed by atoms with Crippen LogP contribution in [0.2, 0.25) is 0 Å². The van der Waals surface area contributed by atoms with Crippen molar-refractivity contribution in [3.05, 3.63) is 36.5 Å². The molecule has 21 heavy (non-hydrogen) atoms. The Morgan fingerprint density at radius 2 is 2.33 bits per heavy atom. The maximum atomic E-state index is 12.6. The van der Waals surface area contributed by atoms with Crippen molar-refractivity contribution in [2.75, 3.05) is 13.2 Å². The van der Waals surface area contributed by atoms with Gasteiger partial charge in [0, 0.05) is 18.3 Å². The van der Waals surface area contributed by atoms with Gasteiger partial charge in [-0.05, 0) is 31.4 Å². The van der Waals surface area contributed by atoms with Crippen LogP contribution < -0.4 is 0 Å². The molecule has 7 nitrogen and oxygen atoms in total. The van der Waals surface area contributed by atoms with Crippen molar-refractivity contribution < 1.29 is 9.90 Å². The summed E-state index contributed by atoms with van der Waals surface area (Å²) in [6.07, 6.45) is 7.42. The van der Waals surface area contributed by atoms with Crippen LogP contribution in [-0.2, 0) is 0 Å². The van der Waals surface area contributed by atoms with Crippen LogP contribution in [0.4, 0.5) is 0 Å². The van der Waals surface area contributed by atoms with E-state index in [9.17, 15) is 9.90 Å². The molecular weight excluding hydrogens is 270 g/mol. The van der Waals surface area contributed by atoms with E-state index in [4.69, 9.17) is 0 Å². The lowest BCUT2D eigenvalue weighted by atomic mass is 10.0. The molecule has 1 N–H and O–H groups in total. The standard InChI is InChI=1S/C14H17N5O2/c20-8-12-3-1-2-6-18(12)14(21)11-4-5-16-13(7-11)19-10-15-9-17-19/h4-5,7,9-10,12,20H,1-3,6,8H2. The Kier molecular flexibility index (Phi) is 3.92. The minimum atomic E-state index is -0.0887. The number of piperidine rings is 1. The van der Waals surface area contributed by atoms with Crippen LogP contribution in [0.5, 0.6) is 0 Å². The number of aliphatic hydroxyl groups excluding tert-OH is 1. The highest BCUT2D eigenvalue weighted by molar-refractivity contribution is 5.94. The van der Waals surface area contributed by atoms with Gasteiger partial charge in [-0.2, -0.15) is 5.10 Å². The molecule has 1 aliphatic heterocycles. The van der Waals surface area contributed by atoms with E-state index < -0.39 is 0 Å². The molecule has 2 aromatic rings. The summed E-state index contributed by atoms with van der Waals surface area (Å²) in [4.78, 5) is 22.4. The van der Waals surface area contributed by atoms with E-state index in [1.165, 1.54) is 17.3 Å². The minimum Gasteiger partial charge on any atom is -0.394 e. The number of likely N-dealkylation sites (tertiary alicyclic amines) is 1. The van der Waals surface area contributed by atoms with Crippen molar-refractivity contribution in [2.24, 2.45) is 0 Å². The van der Waals surface area contributed by atoms with Crippen LogP contribution in [0, 0.1) is 0 Å². The normalized spacial score (nSPS) is 18.7. The fourth-order valence-corrected chi connectivity index (χ4v) is 2.63. The van der Waals surface area contributed by atoms with E-state index >= 15 is 0 Å². The van der Waals surface area contributed by atoms with Crippen LogP contribution >= 0.6 is 0 Å². The van der Waals surface area contributed by atoms with Gasteiger partial charge in [-0.1, -0.05) is 0 Å². The van der Waals surface area contributed by atoms with Crippen molar-refractivity contribution in [1.29, 1.82) is 0 Å². The Labute approximate surface area is 122 Å². The number of aliphatic hydroxyl groups is 1. The van der Waals surface area contributed by atoms with Gasteiger partial charge in [0.1, 0.15) is 12.7 Å². The average molecular weight is 287 g/mol. The SMILES string of the molecule is O=C(c1ccnc(-n2cncn2)c1)N1CCCCC1CO. The second-order valence-corrected chi connectivity index (χ2v) is 5.07. The number of carbonyl (C=O) groups is 1. The van der Waals surface area contributed by atoms with Crippen molar-refractivity contribution in [3.63, 3.8) is 0 Å². The molecule has 0 radical (unpaired) electrons. The molecule has 0 bridgehead atoms. The summed E-state index contributed by atoms with van der Waals surface area (Å²) in [5, 5.41) is 13.4. The Bertz CT molecular complexity index is 614. The molecule has 110 valence electrons. The number of amides is 1. The summed E-state index contributed by atoms with van der Waals surface area (Å²) >= 11 is 0. The Balaban J connectivity index is 1.86. The zero-order valence-electron chi connectivity index (χ0n) is 11.6. The van der Waals surface area contributed by atoms with E-state index in [1.807, 2.05) is 0 Å². The van der Waals surface area contributed by atoms with Gasteiger partial charge in [0.2, 0.25) is 0 Å². The number of carbonyl (C=O) groups excluding carboxylic acids is 1.